The van der Waals surface area contributed by atoms with Gasteiger partial charge in [-0.05, 0) is 57.4 Å². The van der Waals surface area contributed by atoms with Crippen LogP contribution in [-0.2, 0) is 14.3 Å². The zero-order chi connectivity index (χ0) is 24.5. The summed E-state index contributed by atoms with van der Waals surface area (Å²) in [4.78, 5) is 30.0. The van der Waals surface area contributed by atoms with Crippen LogP contribution in [0.15, 0.2) is 101 Å². The van der Waals surface area contributed by atoms with Crippen LogP contribution in [0.5, 0.6) is 0 Å². The summed E-state index contributed by atoms with van der Waals surface area (Å²) in [6.07, 6.45) is 6.81. The monoisotopic (exact) mass is 454 g/mol. The highest BCUT2D eigenvalue weighted by Crippen LogP contribution is 2.30. The summed E-state index contributed by atoms with van der Waals surface area (Å²) in [5.74, 6) is -0.553. The molecule has 0 atom stereocenters. The van der Waals surface area contributed by atoms with Crippen LogP contribution in [0.2, 0.25) is 0 Å². The molecule has 1 aliphatic carbocycles. The first-order valence-electron chi connectivity index (χ1n) is 11.4. The molecule has 5 nitrogen and oxygen atoms in total. The van der Waals surface area contributed by atoms with E-state index >= 15 is 0 Å². The SMILES string of the molecule is C=CN=C(C1=C(C)CCC=C1C(=O)OCC)c1cccc(NC(=O)/C(C)=C/c2ccccc2)c1. The summed E-state index contributed by atoms with van der Waals surface area (Å²) in [5.41, 5.74) is 5.92. The minimum atomic E-state index is -0.362. The Labute approximate surface area is 201 Å². The highest BCUT2D eigenvalue weighted by molar-refractivity contribution is 6.21. The van der Waals surface area contributed by atoms with E-state index in [2.05, 4.69) is 16.9 Å². The largest absolute Gasteiger partial charge is 0.462 e. The molecule has 174 valence electrons. The highest BCUT2D eigenvalue weighted by atomic mass is 16.5. The Morgan fingerprint density at radius 3 is 2.62 bits per heavy atom. The maximum Gasteiger partial charge on any atom is 0.338 e. The number of carbonyl (C=O) groups is 2. The van der Waals surface area contributed by atoms with Gasteiger partial charge in [0.05, 0.1) is 17.9 Å². The van der Waals surface area contributed by atoms with Crippen LogP contribution in [0.4, 0.5) is 5.69 Å². The van der Waals surface area contributed by atoms with Crippen LogP contribution in [0.1, 0.15) is 44.7 Å². The van der Waals surface area contributed by atoms with Crippen molar-refractivity contribution in [1.82, 2.24) is 0 Å². The van der Waals surface area contributed by atoms with Crippen molar-refractivity contribution in [3.8, 4) is 0 Å². The van der Waals surface area contributed by atoms with Gasteiger partial charge in [0.15, 0.2) is 0 Å². The number of ether oxygens (including phenoxy) is 1. The van der Waals surface area contributed by atoms with Crippen molar-refractivity contribution < 1.29 is 14.3 Å². The second kappa shape index (κ2) is 11.8. The van der Waals surface area contributed by atoms with Crippen molar-refractivity contribution in [3.05, 3.63) is 107 Å². The van der Waals surface area contributed by atoms with E-state index in [-0.39, 0.29) is 11.9 Å². The predicted octanol–water partition coefficient (Wildman–Crippen LogP) is 6.26. The van der Waals surface area contributed by atoms with E-state index in [9.17, 15) is 9.59 Å². The summed E-state index contributed by atoms with van der Waals surface area (Å²) in [6.45, 7) is 9.64. The molecule has 0 aromatic heterocycles. The van der Waals surface area contributed by atoms with Crippen LogP contribution in [0.25, 0.3) is 6.08 Å². The fourth-order valence-corrected chi connectivity index (χ4v) is 3.83. The molecule has 0 radical (unpaired) electrons. The third-order valence-electron chi connectivity index (χ3n) is 5.45. The molecule has 5 heteroatoms. The molecule has 0 spiro atoms. The van der Waals surface area contributed by atoms with Crippen LogP contribution < -0.4 is 5.32 Å². The number of rotatable bonds is 8. The zero-order valence-electron chi connectivity index (χ0n) is 19.9. The Morgan fingerprint density at radius 1 is 1.15 bits per heavy atom. The molecule has 1 aliphatic rings. The molecule has 2 aromatic rings. The van der Waals surface area contributed by atoms with E-state index in [1.807, 2.05) is 73.7 Å². The number of allylic oxidation sites excluding steroid dienone is 2. The summed E-state index contributed by atoms with van der Waals surface area (Å²) in [7, 11) is 0. The molecule has 0 heterocycles. The smallest absolute Gasteiger partial charge is 0.338 e. The molecule has 2 aromatic carbocycles. The Morgan fingerprint density at radius 2 is 1.91 bits per heavy atom. The number of benzene rings is 2. The summed E-state index contributed by atoms with van der Waals surface area (Å²) < 4.78 is 5.29. The fraction of sp³-hybridized carbons (Fsp3) is 0.207. The zero-order valence-corrected chi connectivity index (χ0v) is 19.9. The third kappa shape index (κ3) is 6.07. The maximum absolute atomic E-state index is 12.8. The fourth-order valence-electron chi connectivity index (χ4n) is 3.83. The van der Waals surface area contributed by atoms with E-state index in [1.165, 1.54) is 6.20 Å². The van der Waals surface area contributed by atoms with Crippen molar-refractivity contribution in [2.45, 2.75) is 33.6 Å². The molecule has 1 amide bonds. The van der Waals surface area contributed by atoms with Gasteiger partial charge in [-0.2, -0.15) is 0 Å². The lowest BCUT2D eigenvalue weighted by molar-refractivity contribution is -0.138. The third-order valence-corrected chi connectivity index (χ3v) is 5.45. The van der Waals surface area contributed by atoms with Crippen LogP contribution in [0, 0.1) is 0 Å². The topological polar surface area (TPSA) is 67.8 Å². The summed E-state index contributed by atoms with van der Waals surface area (Å²) in [6, 6.07) is 17.1. The van der Waals surface area contributed by atoms with E-state index in [4.69, 9.17) is 4.74 Å². The van der Waals surface area contributed by atoms with Gasteiger partial charge in [0.25, 0.3) is 5.91 Å². The van der Waals surface area contributed by atoms with Crippen LogP contribution >= 0.6 is 0 Å². The van der Waals surface area contributed by atoms with E-state index in [0.29, 0.717) is 29.2 Å². The lowest BCUT2D eigenvalue weighted by Gasteiger charge is -2.21. The second-order valence-corrected chi connectivity index (χ2v) is 7.97. The van der Waals surface area contributed by atoms with Crippen molar-refractivity contribution >= 4 is 29.4 Å². The molecule has 0 aliphatic heterocycles. The molecule has 0 saturated carbocycles. The van der Waals surface area contributed by atoms with E-state index in [1.54, 1.807) is 13.8 Å². The number of anilines is 1. The predicted molar refractivity (Wildman–Crippen MR) is 139 cm³/mol. The minimum absolute atomic E-state index is 0.191. The number of amides is 1. The quantitative estimate of drug-likeness (QED) is 0.291. The Bertz CT molecular complexity index is 1200. The average Bonchev–Trinajstić information content (AvgIpc) is 2.83. The normalized spacial score (nSPS) is 14.4. The second-order valence-electron chi connectivity index (χ2n) is 7.97. The van der Waals surface area contributed by atoms with E-state index < -0.39 is 0 Å². The number of hydrogen-bond acceptors (Lipinski definition) is 4. The Kier molecular flexibility index (Phi) is 8.52. The van der Waals surface area contributed by atoms with Gasteiger partial charge in [-0.15, -0.1) is 0 Å². The Balaban J connectivity index is 1.91. The van der Waals surface area contributed by atoms with Gasteiger partial charge >= 0.3 is 5.97 Å². The first-order chi connectivity index (χ1) is 16.4. The number of nitrogens with zero attached hydrogens (tertiary/aromatic N) is 1. The van der Waals surface area contributed by atoms with E-state index in [0.717, 1.165) is 35.1 Å². The van der Waals surface area contributed by atoms with Crippen molar-refractivity contribution in [2.75, 3.05) is 11.9 Å². The first kappa shape index (κ1) is 24.6. The van der Waals surface area contributed by atoms with Gasteiger partial charge in [-0.25, -0.2) is 4.79 Å². The van der Waals surface area contributed by atoms with Gasteiger partial charge in [0, 0.05) is 28.6 Å². The van der Waals surface area contributed by atoms with Crippen molar-refractivity contribution in [3.63, 3.8) is 0 Å². The molecule has 1 N–H and O–H groups in total. The van der Waals surface area contributed by atoms with Crippen LogP contribution in [-0.4, -0.2) is 24.2 Å². The molecule has 0 saturated heterocycles. The van der Waals surface area contributed by atoms with Gasteiger partial charge in [0.1, 0.15) is 0 Å². The number of nitrogens with one attached hydrogen (secondary N) is 1. The van der Waals surface area contributed by atoms with Crippen molar-refractivity contribution in [1.29, 1.82) is 0 Å². The van der Waals surface area contributed by atoms with Gasteiger partial charge < -0.3 is 10.1 Å². The average molecular weight is 455 g/mol. The van der Waals surface area contributed by atoms with Gasteiger partial charge in [0.2, 0.25) is 0 Å². The number of carbonyl (C=O) groups excluding carboxylic acids is 2. The molecule has 0 bridgehead atoms. The lowest BCUT2D eigenvalue weighted by atomic mass is 9.86. The molecular formula is C29H30N2O3. The maximum atomic E-state index is 12.8. The van der Waals surface area contributed by atoms with Crippen molar-refractivity contribution in [2.24, 2.45) is 4.99 Å². The molecule has 0 unspecified atom stereocenters. The molecule has 3 rings (SSSR count). The Hall–Kier alpha value is -3.99. The summed E-state index contributed by atoms with van der Waals surface area (Å²) >= 11 is 0. The molecule has 0 fully saturated rings. The highest BCUT2D eigenvalue weighted by Gasteiger charge is 2.26. The van der Waals surface area contributed by atoms with Gasteiger partial charge in [-0.3, -0.25) is 9.79 Å². The molecular weight excluding hydrogens is 424 g/mol. The number of hydrogen-bond donors (Lipinski definition) is 1. The molecule has 34 heavy (non-hydrogen) atoms. The first-order valence-corrected chi connectivity index (χ1v) is 11.4. The number of aliphatic imine (C=N–C) groups is 1. The number of esters is 1. The van der Waals surface area contributed by atoms with Crippen LogP contribution in [0.3, 0.4) is 0 Å². The summed E-state index contributed by atoms with van der Waals surface area (Å²) in [5, 5.41) is 2.96. The standard InChI is InChI=1S/C29H30N2O3/c1-5-30-27(26-20(3)12-10-17-25(26)29(33)34-6-2)23-15-11-16-24(19-23)31-28(32)21(4)18-22-13-8-7-9-14-22/h5,7-9,11,13-19H,1,6,10,12H2,2-4H3,(H,31,32)/b21-18+,30-27?. The minimum Gasteiger partial charge on any atom is -0.462 e. The lowest BCUT2D eigenvalue weighted by Crippen LogP contribution is -2.20. The van der Waals surface area contributed by atoms with Gasteiger partial charge in [-0.1, -0.05) is 60.7 Å².